The number of halogens is 1. The van der Waals surface area contributed by atoms with Crippen LogP contribution in [0.5, 0.6) is 0 Å². The van der Waals surface area contributed by atoms with Crippen LogP contribution in [-0.2, 0) is 26.2 Å². The maximum Gasteiger partial charge on any atom is 4.00 e. The summed E-state index contributed by atoms with van der Waals surface area (Å²) >= 11 is 4.31. The van der Waals surface area contributed by atoms with Gasteiger partial charge in [-0.25, -0.2) is 0 Å². The van der Waals surface area contributed by atoms with E-state index in [1.807, 2.05) is 7.05 Å². The van der Waals surface area contributed by atoms with Gasteiger partial charge >= 0.3 is 26.2 Å². The second kappa shape index (κ2) is 23.9. The third-order valence-corrected chi connectivity index (χ3v) is 4.46. The summed E-state index contributed by atoms with van der Waals surface area (Å²) < 4.78 is 4.97. The summed E-state index contributed by atoms with van der Waals surface area (Å²) in [6.07, 6.45) is 4.29. The van der Waals surface area contributed by atoms with Crippen LogP contribution in [0.25, 0.3) is 15.4 Å². The predicted octanol–water partition coefficient (Wildman–Crippen LogP) is 4.93. The molecule has 0 aromatic carbocycles. The summed E-state index contributed by atoms with van der Waals surface area (Å²) in [4.78, 5) is 0. The molecular weight excluding hydrogens is 436 g/mol. The summed E-state index contributed by atoms with van der Waals surface area (Å²) in [5.41, 5.74) is 0. The Hall–Kier alpha value is 1.84. The molecule has 0 radical (unpaired) electrons. The van der Waals surface area contributed by atoms with Gasteiger partial charge < -0.3 is 22.8 Å². The monoisotopic (exact) mass is 463 g/mol. The minimum atomic E-state index is 0. The van der Waals surface area contributed by atoms with Gasteiger partial charge in [0.15, 0.2) is 0 Å². The van der Waals surface area contributed by atoms with Crippen LogP contribution in [0.2, 0.25) is 0 Å². The fourth-order valence-corrected chi connectivity index (χ4v) is 3.49. The Balaban J connectivity index is -0.000000106. The van der Waals surface area contributed by atoms with Gasteiger partial charge in [-0.2, -0.15) is 35.2 Å². The minimum absolute atomic E-state index is 0. The molecule has 1 aliphatic rings. The standard InChI is InChI=1S/C7H13INS.2C2H6N.CH3.Zr/c1-9-10-5-6-3-2-4-7(6)8;2*1-3-2;;/h6-7H,2-5H2,1H3;2*1-2H3;1H3;/q4*-1;+4/t6-,7?;;;;/m0..../s1. The maximum absolute atomic E-state index is 4.05. The van der Waals surface area contributed by atoms with E-state index in [0.29, 0.717) is 0 Å². The van der Waals surface area contributed by atoms with Gasteiger partial charge in [-0.3, -0.25) is 11.9 Å². The fraction of sp³-hybridized carbons (Fsp3) is 0.917. The van der Waals surface area contributed by atoms with Gasteiger partial charge in [0.2, 0.25) is 0 Å². The Kier molecular flexibility index (Phi) is 37.3. The summed E-state index contributed by atoms with van der Waals surface area (Å²) in [6, 6.07) is 0. The Morgan fingerprint density at radius 2 is 1.50 bits per heavy atom. The van der Waals surface area contributed by atoms with Crippen LogP contribution in [0, 0.1) is 13.3 Å². The van der Waals surface area contributed by atoms with E-state index in [0.717, 1.165) is 9.84 Å². The first kappa shape index (κ1) is 28.1. The maximum atomic E-state index is 4.05. The topological polar surface area (TPSA) is 42.3 Å². The van der Waals surface area contributed by atoms with Crippen LogP contribution >= 0.6 is 34.5 Å². The van der Waals surface area contributed by atoms with Crippen LogP contribution in [0.3, 0.4) is 0 Å². The van der Waals surface area contributed by atoms with Crippen LogP contribution in [-0.4, -0.2) is 44.9 Å². The van der Waals surface area contributed by atoms with Crippen molar-refractivity contribution in [3.05, 3.63) is 22.8 Å². The quantitative estimate of drug-likeness (QED) is 0.253. The third kappa shape index (κ3) is 20.2. The average molecular weight is 465 g/mol. The number of nitrogens with zero attached hydrogens (tertiary/aromatic N) is 3. The zero-order valence-corrected chi connectivity index (χ0v) is 18.0. The van der Waals surface area contributed by atoms with Crippen molar-refractivity contribution in [3.63, 3.8) is 0 Å². The molecular formula is C12H28IN3SZr. The molecule has 3 nitrogen and oxygen atoms in total. The molecule has 0 heterocycles. The van der Waals surface area contributed by atoms with Crippen molar-refractivity contribution in [2.75, 3.05) is 41.0 Å². The van der Waals surface area contributed by atoms with E-state index in [1.165, 1.54) is 25.0 Å². The smallest absolute Gasteiger partial charge is 0.668 e. The second-order valence-corrected chi connectivity index (χ2v) is 6.14. The van der Waals surface area contributed by atoms with Gasteiger partial charge in [0.05, 0.1) is 0 Å². The number of hydrogen-bond donors (Lipinski definition) is 0. The van der Waals surface area contributed by atoms with Crippen molar-refractivity contribution in [2.45, 2.75) is 23.2 Å². The summed E-state index contributed by atoms with van der Waals surface area (Å²) in [5.74, 6) is 2.18. The van der Waals surface area contributed by atoms with E-state index in [9.17, 15) is 0 Å². The van der Waals surface area contributed by atoms with Gasteiger partial charge in [0.1, 0.15) is 0 Å². The molecule has 0 aromatic rings. The molecule has 1 saturated carbocycles. The Labute approximate surface area is 152 Å². The molecule has 2 atom stereocenters. The van der Waals surface area contributed by atoms with E-state index in [-0.39, 0.29) is 33.6 Å². The van der Waals surface area contributed by atoms with Gasteiger partial charge in [0, 0.05) is 3.92 Å². The zero-order valence-electron chi connectivity index (χ0n) is 12.6. The molecule has 1 aliphatic carbocycles. The van der Waals surface area contributed by atoms with E-state index in [1.54, 1.807) is 40.1 Å². The SMILES string of the molecule is C[N-]C.C[N-]C.C[N-]SC[C@@H]1CCCC1I.[CH3-].[Zr+4]. The van der Waals surface area contributed by atoms with Crippen LogP contribution in [0.4, 0.5) is 0 Å². The molecule has 0 bridgehead atoms. The number of hydrogen-bond acceptors (Lipinski definition) is 1. The Morgan fingerprint density at radius 3 is 1.78 bits per heavy atom. The van der Waals surface area contributed by atoms with Gasteiger partial charge in [-0.15, -0.1) is 0 Å². The molecule has 0 N–H and O–H groups in total. The van der Waals surface area contributed by atoms with Crippen molar-refractivity contribution in [2.24, 2.45) is 5.92 Å². The molecule has 6 heteroatoms. The third-order valence-electron chi connectivity index (χ3n) is 1.98. The van der Waals surface area contributed by atoms with Crippen LogP contribution < -0.4 is 0 Å². The van der Waals surface area contributed by atoms with Crippen LogP contribution in [0.1, 0.15) is 19.3 Å². The molecule has 0 aliphatic heterocycles. The molecule has 0 amide bonds. The molecule has 1 fully saturated rings. The normalized spacial score (nSPS) is 20.3. The predicted molar refractivity (Wildman–Crippen MR) is 93.7 cm³/mol. The molecule has 108 valence electrons. The Bertz CT molecular complexity index is 132. The molecule has 0 spiro atoms. The van der Waals surface area contributed by atoms with Crippen molar-refractivity contribution in [3.8, 4) is 0 Å². The van der Waals surface area contributed by atoms with E-state index >= 15 is 0 Å². The van der Waals surface area contributed by atoms with E-state index in [4.69, 9.17) is 0 Å². The minimum Gasteiger partial charge on any atom is -0.668 e. The first-order chi connectivity index (χ1) is 7.67. The first-order valence-electron chi connectivity index (χ1n) is 5.48. The summed E-state index contributed by atoms with van der Waals surface area (Å²) in [5, 5.41) is 7.00. The largest absolute Gasteiger partial charge is 4.00 e. The van der Waals surface area contributed by atoms with Gasteiger partial charge in [-0.05, 0) is 24.5 Å². The Morgan fingerprint density at radius 1 is 1.06 bits per heavy atom. The van der Waals surface area contributed by atoms with Crippen molar-refractivity contribution < 1.29 is 26.2 Å². The molecule has 1 rings (SSSR count). The van der Waals surface area contributed by atoms with Gasteiger partial charge in [0.25, 0.3) is 0 Å². The first-order valence-corrected chi connectivity index (χ1v) is 7.67. The van der Waals surface area contributed by atoms with E-state index in [2.05, 4.69) is 37.9 Å². The molecule has 0 saturated heterocycles. The number of rotatable bonds is 3. The molecule has 18 heavy (non-hydrogen) atoms. The zero-order chi connectivity index (χ0) is 12.8. The number of alkyl halides is 1. The van der Waals surface area contributed by atoms with E-state index < -0.39 is 0 Å². The van der Waals surface area contributed by atoms with Crippen molar-refractivity contribution in [1.29, 1.82) is 0 Å². The second-order valence-electron chi connectivity index (χ2n) is 3.58. The summed E-state index contributed by atoms with van der Waals surface area (Å²) in [6.45, 7) is 0. The van der Waals surface area contributed by atoms with Crippen LogP contribution in [0.15, 0.2) is 0 Å². The molecule has 0 aromatic heterocycles. The fourth-order valence-electron chi connectivity index (χ4n) is 1.35. The van der Waals surface area contributed by atoms with Crippen molar-refractivity contribution in [1.82, 2.24) is 0 Å². The van der Waals surface area contributed by atoms with Gasteiger partial charge in [-0.1, -0.05) is 29.0 Å². The van der Waals surface area contributed by atoms with Crippen molar-refractivity contribution >= 4 is 34.5 Å². The molecule has 1 unspecified atom stereocenters. The average Bonchev–Trinajstić information content (AvgIpc) is 2.63. The summed E-state index contributed by atoms with van der Waals surface area (Å²) in [7, 11) is 8.88.